The monoisotopic (exact) mass is 468 g/mol. The maximum atomic E-state index is 9.99. The first-order valence-electron chi connectivity index (χ1n) is 9.46. The minimum absolute atomic E-state index is 0. The van der Waals surface area contributed by atoms with Gasteiger partial charge >= 0.3 is 17.9 Å². The highest BCUT2D eigenvalue weighted by Crippen LogP contribution is 1.99. The van der Waals surface area contributed by atoms with Crippen LogP contribution in [0.15, 0.2) is 36.5 Å². The van der Waals surface area contributed by atoms with Crippen molar-refractivity contribution in [3.63, 3.8) is 0 Å². The van der Waals surface area contributed by atoms with Gasteiger partial charge < -0.3 is 25.1 Å². The molecular weight excluding hydrogens is 424 g/mol. The third-order valence-electron chi connectivity index (χ3n) is 2.31. The van der Waals surface area contributed by atoms with Crippen LogP contribution in [0.1, 0.15) is 46.5 Å². The number of aliphatic carboxylic acids is 3. The van der Waals surface area contributed by atoms with E-state index in [9.17, 15) is 14.4 Å². The Hall–Kier alpha value is -2.16. The van der Waals surface area contributed by atoms with E-state index in [4.69, 9.17) is 15.3 Å². The Morgan fingerprint density at radius 2 is 0.806 bits per heavy atom. The summed E-state index contributed by atoms with van der Waals surface area (Å²) in [5, 5.41) is 24.4. The molecule has 0 aliphatic carbocycles. The molecule has 9 heteroatoms. The van der Waals surface area contributed by atoms with Crippen molar-refractivity contribution >= 4 is 30.3 Å². The maximum absolute atomic E-state index is 9.99. The third-order valence-corrected chi connectivity index (χ3v) is 2.31. The lowest BCUT2D eigenvalue weighted by Crippen LogP contribution is -1.99. The van der Waals surface area contributed by atoms with Gasteiger partial charge in [-0.2, -0.15) is 0 Å². The first-order valence-corrected chi connectivity index (χ1v) is 9.46. The van der Waals surface area contributed by atoms with Crippen molar-refractivity contribution < 1.29 is 29.7 Å². The van der Waals surface area contributed by atoms with Gasteiger partial charge in [0.25, 0.3) is 0 Å². The lowest BCUT2D eigenvalue weighted by atomic mass is 10.2. The number of carboxylic acid groups (broad SMARTS) is 3. The van der Waals surface area contributed by atoms with Gasteiger partial charge in [-0.25, -0.2) is 14.4 Å². The Bertz CT molecular complexity index is 481. The lowest BCUT2D eigenvalue weighted by molar-refractivity contribution is -0.133. The summed E-state index contributed by atoms with van der Waals surface area (Å²) in [6.07, 6.45) is 2.49. The van der Waals surface area contributed by atoms with Gasteiger partial charge in [-0.1, -0.05) is 46.9 Å². The van der Waals surface area contributed by atoms with Gasteiger partial charge in [0, 0.05) is 16.7 Å². The zero-order chi connectivity index (χ0) is 25.4. The summed E-state index contributed by atoms with van der Waals surface area (Å²) >= 11 is 0. The highest BCUT2D eigenvalue weighted by atomic mass is 35.5. The summed E-state index contributed by atoms with van der Waals surface area (Å²) in [5.41, 5.74) is 0.826. The normalized spacial score (nSPS) is 8.23. The lowest BCUT2D eigenvalue weighted by Gasteiger charge is -1.92. The zero-order valence-corrected chi connectivity index (χ0v) is 21.6. The molecule has 0 saturated heterocycles. The number of nitrogens with zero attached hydrogens (tertiary/aromatic N) is 2. The molecule has 0 aromatic heterocycles. The van der Waals surface area contributed by atoms with Crippen molar-refractivity contribution in [1.82, 2.24) is 9.80 Å². The SMILES string of the molecule is C=C(CC)C(=O)O.C=C(CC)C(=O)O.C=C(CCC)C(=O)O.CN(C)C.CN(C)C.Cl. The van der Waals surface area contributed by atoms with E-state index in [0.29, 0.717) is 24.8 Å². The van der Waals surface area contributed by atoms with Gasteiger partial charge in [-0.15, -0.1) is 12.4 Å². The van der Waals surface area contributed by atoms with E-state index < -0.39 is 17.9 Å². The Balaban J connectivity index is -0.0000000642. The molecule has 0 spiro atoms. The van der Waals surface area contributed by atoms with Crippen molar-refractivity contribution in [2.45, 2.75) is 46.5 Å². The van der Waals surface area contributed by atoms with Crippen LogP contribution in [0.5, 0.6) is 0 Å². The van der Waals surface area contributed by atoms with E-state index in [1.165, 1.54) is 0 Å². The van der Waals surface area contributed by atoms with Gasteiger partial charge in [0.1, 0.15) is 0 Å². The molecule has 0 saturated carbocycles. The summed E-state index contributed by atoms with van der Waals surface area (Å²) < 4.78 is 0. The van der Waals surface area contributed by atoms with Crippen LogP contribution >= 0.6 is 12.4 Å². The van der Waals surface area contributed by atoms with Gasteiger partial charge in [0.05, 0.1) is 0 Å². The summed E-state index contributed by atoms with van der Waals surface area (Å²) in [5.74, 6) is -2.68. The van der Waals surface area contributed by atoms with Crippen molar-refractivity contribution in [1.29, 1.82) is 0 Å². The topological polar surface area (TPSA) is 118 Å². The predicted octanol–water partition coefficient (Wildman–Crippen LogP) is 4.28. The highest BCUT2D eigenvalue weighted by molar-refractivity contribution is 5.86. The van der Waals surface area contributed by atoms with Crippen molar-refractivity contribution in [3.8, 4) is 0 Å². The molecule has 8 nitrogen and oxygen atoms in total. The first-order chi connectivity index (χ1) is 13.5. The minimum atomic E-state index is -0.900. The predicted molar refractivity (Wildman–Crippen MR) is 132 cm³/mol. The number of carboxylic acids is 3. The Morgan fingerprint density at radius 3 is 0.839 bits per heavy atom. The molecule has 0 unspecified atom stereocenters. The Morgan fingerprint density at radius 1 is 0.613 bits per heavy atom. The van der Waals surface area contributed by atoms with Gasteiger partial charge in [-0.3, -0.25) is 0 Å². The number of hydrogen-bond acceptors (Lipinski definition) is 5. The molecular formula is C22H45ClN2O6. The van der Waals surface area contributed by atoms with Gasteiger partial charge in [-0.05, 0) is 61.5 Å². The van der Waals surface area contributed by atoms with Crippen LogP contribution < -0.4 is 0 Å². The highest BCUT2D eigenvalue weighted by Gasteiger charge is 1.99. The second-order valence-electron chi connectivity index (χ2n) is 6.87. The van der Waals surface area contributed by atoms with Crippen LogP contribution in [-0.4, -0.2) is 85.3 Å². The molecule has 0 atom stereocenters. The van der Waals surface area contributed by atoms with E-state index in [1.54, 1.807) is 13.8 Å². The largest absolute Gasteiger partial charge is 0.478 e. The quantitative estimate of drug-likeness (QED) is 0.473. The van der Waals surface area contributed by atoms with E-state index in [0.717, 1.165) is 6.42 Å². The second-order valence-corrected chi connectivity index (χ2v) is 6.87. The smallest absolute Gasteiger partial charge is 0.330 e. The average Bonchev–Trinajstić information content (AvgIpc) is 2.60. The van der Waals surface area contributed by atoms with E-state index >= 15 is 0 Å². The van der Waals surface area contributed by atoms with Crippen LogP contribution in [0.3, 0.4) is 0 Å². The molecule has 0 heterocycles. The summed E-state index contributed by atoms with van der Waals surface area (Å²) in [7, 11) is 12.0. The fraction of sp³-hybridized carbons (Fsp3) is 0.591. The maximum Gasteiger partial charge on any atom is 0.330 e. The van der Waals surface area contributed by atoms with Crippen LogP contribution in [0.25, 0.3) is 0 Å². The summed E-state index contributed by atoms with van der Waals surface area (Å²) in [4.78, 5) is 33.7. The molecule has 3 N–H and O–H groups in total. The number of hydrogen-bond donors (Lipinski definition) is 3. The molecule has 0 amide bonds. The van der Waals surface area contributed by atoms with Crippen LogP contribution in [0.2, 0.25) is 0 Å². The molecule has 0 rings (SSSR count). The van der Waals surface area contributed by atoms with Crippen molar-refractivity contribution in [2.75, 3.05) is 42.3 Å². The average molecular weight is 469 g/mol. The van der Waals surface area contributed by atoms with E-state index in [1.807, 2.05) is 59.0 Å². The van der Waals surface area contributed by atoms with Crippen molar-refractivity contribution in [3.05, 3.63) is 36.5 Å². The first kappa shape index (κ1) is 42.8. The van der Waals surface area contributed by atoms with Crippen LogP contribution in [-0.2, 0) is 14.4 Å². The molecule has 0 fully saturated rings. The van der Waals surface area contributed by atoms with E-state index in [-0.39, 0.29) is 23.6 Å². The third kappa shape index (κ3) is 65.5. The number of halogens is 1. The molecule has 0 aliphatic heterocycles. The molecule has 31 heavy (non-hydrogen) atoms. The molecule has 0 aliphatic rings. The summed E-state index contributed by atoms with van der Waals surface area (Å²) in [6, 6.07) is 0. The standard InChI is InChI=1S/C6H10O2.2C5H8O2.2C3H9N.ClH/c1-3-4-5(2)6(7)8;2*1-3-4(2)5(6)7;2*1-4(2)3;/h2-4H2,1H3,(H,7,8);2*2-3H2,1H3,(H,6,7);2*1-3H3;1H. The van der Waals surface area contributed by atoms with E-state index in [2.05, 4.69) is 19.7 Å². The summed E-state index contributed by atoms with van der Waals surface area (Å²) in [6.45, 7) is 15.3. The molecule has 0 radical (unpaired) electrons. The number of carbonyl (C=O) groups is 3. The minimum Gasteiger partial charge on any atom is -0.478 e. The Labute approximate surface area is 195 Å². The number of rotatable bonds is 7. The Kier molecular flexibility index (Phi) is 41.5. The van der Waals surface area contributed by atoms with Crippen molar-refractivity contribution in [2.24, 2.45) is 0 Å². The molecule has 0 aromatic carbocycles. The molecule has 0 bridgehead atoms. The zero-order valence-electron chi connectivity index (χ0n) is 20.8. The molecule has 186 valence electrons. The molecule has 0 aromatic rings. The van der Waals surface area contributed by atoms with Gasteiger partial charge in [0.2, 0.25) is 0 Å². The van der Waals surface area contributed by atoms with Crippen LogP contribution in [0, 0.1) is 0 Å². The van der Waals surface area contributed by atoms with Gasteiger partial charge in [0.15, 0.2) is 0 Å². The van der Waals surface area contributed by atoms with Crippen LogP contribution in [0.4, 0.5) is 0 Å². The fourth-order valence-corrected chi connectivity index (χ4v) is 0.711. The fourth-order valence-electron chi connectivity index (χ4n) is 0.711. The second kappa shape index (κ2) is 30.0.